The second-order valence-electron chi connectivity index (χ2n) is 9.01. The Balaban J connectivity index is 0.00000169. The van der Waals surface area contributed by atoms with Gasteiger partial charge in [-0.2, -0.15) is 0 Å². The molecular formula is C28H34Cl3N3O4. The molecule has 0 amide bonds. The van der Waals surface area contributed by atoms with E-state index in [-0.39, 0.29) is 49.3 Å². The molecule has 2 aliphatic rings. The van der Waals surface area contributed by atoms with Crippen LogP contribution in [-0.2, 0) is 19.7 Å². The number of carbonyl (C=O) groups is 1. The normalized spacial score (nSPS) is 21.1. The minimum Gasteiger partial charge on any atom is -0.497 e. The maximum absolute atomic E-state index is 13.8. The van der Waals surface area contributed by atoms with E-state index in [0.29, 0.717) is 6.42 Å². The molecule has 1 aromatic heterocycles. The lowest BCUT2D eigenvalue weighted by atomic mass is 9.95. The first-order valence-corrected chi connectivity index (χ1v) is 12.0. The summed E-state index contributed by atoms with van der Waals surface area (Å²) in [5.41, 5.74) is 1.05. The Morgan fingerprint density at radius 3 is 2.11 bits per heavy atom. The van der Waals surface area contributed by atoms with E-state index >= 15 is 0 Å². The molecule has 7 nitrogen and oxygen atoms in total. The van der Waals surface area contributed by atoms with E-state index < -0.39 is 11.6 Å². The lowest BCUT2D eigenvalue weighted by Gasteiger charge is -2.39. The van der Waals surface area contributed by atoms with Crippen LogP contribution in [0.3, 0.4) is 0 Å². The highest BCUT2D eigenvalue weighted by Gasteiger charge is 2.64. The second kappa shape index (κ2) is 14.0. The van der Waals surface area contributed by atoms with Gasteiger partial charge in [0.1, 0.15) is 17.0 Å². The molecule has 5 rings (SSSR count). The lowest BCUT2D eigenvalue weighted by Crippen LogP contribution is -2.49. The summed E-state index contributed by atoms with van der Waals surface area (Å²) in [7, 11) is 3.28. The summed E-state index contributed by atoms with van der Waals surface area (Å²) in [4.78, 5) is 22.8. The molecule has 1 unspecified atom stereocenters. The Morgan fingerprint density at radius 1 is 0.895 bits per heavy atom. The maximum Gasteiger partial charge on any atom is 0.321 e. The number of pyridine rings is 1. The van der Waals surface area contributed by atoms with Gasteiger partial charge in [-0.3, -0.25) is 9.69 Å². The van der Waals surface area contributed by atoms with Crippen LogP contribution in [0.5, 0.6) is 5.75 Å². The van der Waals surface area contributed by atoms with Crippen LogP contribution in [0.25, 0.3) is 0 Å². The van der Waals surface area contributed by atoms with Gasteiger partial charge in [0.2, 0.25) is 0 Å². The molecule has 3 atom stereocenters. The zero-order valence-corrected chi connectivity index (χ0v) is 23.8. The third kappa shape index (κ3) is 6.35. The first kappa shape index (κ1) is 31.7. The van der Waals surface area contributed by atoms with Gasteiger partial charge in [-0.05, 0) is 36.2 Å². The molecule has 3 aromatic rings. The van der Waals surface area contributed by atoms with Crippen molar-refractivity contribution in [3.05, 3.63) is 90.1 Å². The lowest BCUT2D eigenvalue weighted by molar-refractivity contribution is -0.165. The number of aromatic nitrogens is 1. The highest BCUT2D eigenvalue weighted by molar-refractivity contribution is 5.88. The van der Waals surface area contributed by atoms with E-state index in [2.05, 4.69) is 14.8 Å². The average molecular weight is 583 g/mol. The van der Waals surface area contributed by atoms with Crippen molar-refractivity contribution in [3.8, 4) is 5.75 Å². The number of rotatable bonds is 8. The third-order valence-corrected chi connectivity index (χ3v) is 7.07. The number of nitrogens with zero attached hydrogens (tertiary/aromatic N) is 3. The Kier molecular flexibility index (Phi) is 11.7. The average Bonchev–Trinajstić information content (AvgIpc) is 3.69. The van der Waals surface area contributed by atoms with E-state index in [0.717, 1.165) is 48.9 Å². The molecule has 1 aliphatic carbocycles. The van der Waals surface area contributed by atoms with Crippen LogP contribution in [-0.4, -0.2) is 62.4 Å². The van der Waals surface area contributed by atoms with Crippen LogP contribution in [0.1, 0.15) is 23.8 Å². The highest BCUT2D eigenvalue weighted by atomic mass is 35.5. The van der Waals surface area contributed by atoms with Gasteiger partial charge in [0.05, 0.1) is 13.2 Å². The molecular weight excluding hydrogens is 549 g/mol. The van der Waals surface area contributed by atoms with Gasteiger partial charge in [-0.1, -0.05) is 48.5 Å². The summed E-state index contributed by atoms with van der Waals surface area (Å²) < 4.78 is 17.3. The van der Waals surface area contributed by atoms with E-state index in [1.165, 1.54) is 0 Å². The quantitative estimate of drug-likeness (QED) is 0.344. The topological polar surface area (TPSA) is 64.1 Å². The van der Waals surface area contributed by atoms with Crippen LogP contribution >= 0.6 is 37.2 Å². The van der Waals surface area contributed by atoms with Gasteiger partial charge in [0.15, 0.2) is 6.23 Å². The Labute approximate surface area is 242 Å². The molecule has 0 spiro atoms. The number of anilines is 1. The molecule has 10 heteroatoms. The largest absolute Gasteiger partial charge is 0.497 e. The van der Waals surface area contributed by atoms with Crippen LogP contribution in [0.4, 0.5) is 5.82 Å². The minimum absolute atomic E-state index is 0. The Hall–Kier alpha value is -2.55. The van der Waals surface area contributed by atoms with Crippen molar-refractivity contribution in [1.82, 2.24) is 9.88 Å². The molecule has 1 saturated carbocycles. The molecule has 38 heavy (non-hydrogen) atoms. The maximum atomic E-state index is 13.8. The van der Waals surface area contributed by atoms with Gasteiger partial charge >= 0.3 is 5.97 Å². The monoisotopic (exact) mass is 581 g/mol. The van der Waals surface area contributed by atoms with Crippen molar-refractivity contribution in [2.24, 2.45) is 0 Å². The molecule has 206 valence electrons. The number of ether oxygens (including phenoxy) is 3. The van der Waals surface area contributed by atoms with Gasteiger partial charge in [-0.15, -0.1) is 37.2 Å². The summed E-state index contributed by atoms with van der Waals surface area (Å²) in [5.74, 6) is 1.47. The number of hydrogen-bond acceptors (Lipinski definition) is 7. The molecule has 2 aromatic carbocycles. The van der Waals surface area contributed by atoms with Crippen molar-refractivity contribution >= 4 is 49.0 Å². The van der Waals surface area contributed by atoms with Crippen molar-refractivity contribution in [3.63, 3.8) is 0 Å². The molecule has 2 heterocycles. The Bertz CT molecular complexity index is 1130. The van der Waals surface area contributed by atoms with Gasteiger partial charge in [0, 0.05) is 45.0 Å². The van der Waals surface area contributed by atoms with Crippen LogP contribution < -0.4 is 9.64 Å². The van der Waals surface area contributed by atoms with Crippen LogP contribution in [0.2, 0.25) is 0 Å². The van der Waals surface area contributed by atoms with Crippen molar-refractivity contribution < 1.29 is 19.0 Å². The fourth-order valence-electron chi connectivity index (χ4n) is 4.95. The Morgan fingerprint density at radius 2 is 1.55 bits per heavy atom. The van der Waals surface area contributed by atoms with Crippen molar-refractivity contribution in [2.75, 3.05) is 45.3 Å². The van der Waals surface area contributed by atoms with Crippen LogP contribution in [0, 0.1) is 0 Å². The molecule has 0 bridgehead atoms. The standard InChI is InChI=1S/C28H31N3O4.3ClH/c1-33-23-13-11-22(12-14-23)28(20-24(28)34-2)27(32)35-26(21-8-4-3-5-9-21)31-18-16-30(17-19-31)25-10-6-7-15-29-25;;;/h3-15,24,26H,16-20H2,1-2H3;3*1H/t24-,26?,28-;;;/m1.../s1. The van der Waals surface area contributed by atoms with E-state index in [1.54, 1.807) is 14.2 Å². The van der Waals surface area contributed by atoms with Crippen molar-refractivity contribution in [2.45, 2.75) is 24.2 Å². The summed E-state index contributed by atoms with van der Waals surface area (Å²) in [6, 6.07) is 23.5. The van der Waals surface area contributed by atoms with Crippen molar-refractivity contribution in [1.29, 1.82) is 0 Å². The first-order chi connectivity index (χ1) is 17.2. The zero-order chi connectivity index (χ0) is 24.3. The second-order valence-corrected chi connectivity index (χ2v) is 9.01. The summed E-state index contributed by atoms with van der Waals surface area (Å²) in [6.07, 6.45) is 1.74. The first-order valence-electron chi connectivity index (χ1n) is 12.0. The summed E-state index contributed by atoms with van der Waals surface area (Å²) in [6.45, 7) is 3.13. The predicted octanol–water partition coefficient (Wildman–Crippen LogP) is 5.08. The number of esters is 1. The predicted molar refractivity (Wildman–Crippen MR) is 155 cm³/mol. The third-order valence-electron chi connectivity index (χ3n) is 7.07. The van der Waals surface area contributed by atoms with Gasteiger partial charge in [0.25, 0.3) is 0 Å². The molecule has 0 N–H and O–H groups in total. The fourth-order valence-corrected chi connectivity index (χ4v) is 4.95. The smallest absolute Gasteiger partial charge is 0.321 e. The van der Waals surface area contributed by atoms with E-state index in [4.69, 9.17) is 14.2 Å². The fraction of sp³-hybridized carbons (Fsp3) is 0.357. The highest BCUT2D eigenvalue weighted by Crippen LogP contribution is 2.52. The number of methoxy groups -OCH3 is 2. The SMILES string of the molecule is COc1ccc([C@]2(C(=O)OC(c3ccccc3)N3CCN(c4ccccn4)CC3)C[C@H]2OC)cc1.Cl.Cl.Cl. The van der Waals surface area contributed by atoms with E-state index in [1.807, 2.05) is 79.0 Å². The van der Waals surface area contributed by atoms with Gasteiger partial charge in [-0.25, -0.2) is 4.98 Å². The molecule has 1 aliphatic heterocycles. The number of carbonyl (C=O) groups excluding carboxylic acids is 1. The molecule has 0 radical (unpaired) electrons. The summed E-state index contributed by atoms with van der Waals surface area (Å²) >= 11 is 0. The number of halogens is 3. The number of piperazine rings is 1. The van der Waals surface area contributed by atoms with Crippen LogP contribution in [0.15, 0.2) is 79.0 Å². The summed E-state index contributed by atoms with van der Waals surface area (Å²) in [5, 5.41) is 0. The molecule has 2 fully saturated rings. The molecule has 1 saturated heterocycles. The zero-order valence-electron chi connectivity index (χ0n) is 21.4. The number of benzene rings is 2. The van der Waals surface area contributed by atoms with Gasteiger partial charge < -0.3 is 19.1 Å². The number of hydrogen-bond donors (Lipinski definition) is 0. The minimum atomic E-state index is -0.802. The van der Waals surface area contributed by atoms with E-state index in [9.17, 15) is 4.79 Å².